The number of anilines is 2. The van der Waals surface area contributed by atoms with Crippen LogP contribution in [0.2, 0.25) is 0 Å². The number of amides is 1. The lowest BCUT2D eigenvalue weighted by molar-refractivity contribution is -0.122. The molecule has 1 heterocycles. The molecule has 1 aromatic carbocycles. The molecule has 0 unspecified atom stereocenters. The van der Waals surface area contributed by atoms with Crippen LogP contribution in [0.1, 0.15) is 30.4 Å². The van der Waals surface area contributed by atoms with Crippen LogP contribution in [0, 0.1) is 12.8 Å². The molecule has 1 aliphatic rings. The number of rotatable bonds is 5. The van der Waals surface area contributed by atoms with Gasteiger partial charge in [-0.3, -0.25) is 4.79 Å². The average Bonchev–Trinajstić information content (AvgIpc) is 2.46. The summed E-state index contributed by atoms with van der Waals surface area (Å²) in [5.41, 5.74) is 2.47. The largest absolute Gasteiger partial charge is 0.364 e. The second kappa shape index (κ2) is 6.56. The Labute approximate surface area is 130 Å². The highest BCUT2D eigenvalue weighted by Gasteiger charge is 2.25. The van der Waals surface area contributed by atoms with Crippen molar-refractivity contribution in [2.24, 2.45) is 5.92 Å². The first-order valence-electron chi connectivity index (χ1n) is 7.65. The summed E-state index contributed by atoms with van der Waals surface area (Å²) in [5.74, 6) is 1.42. The Morgan fingerprint density at radius 1 is 1.14 bits per heavy atom. The summed E-state index contributed by atoms with van der Waals surface area (Å²) in [7, 11) is 0. The zero-order valence-corrected chi connectivity index (χ0v) is 12.7. The average molecular weight is 296 g/mol. The number of hydrogen-bond acceptors (Lipinski definition) is 4. The standard InChI is InChI=1S/C17H20N4O/c1-12-5-2-3-6-14(12)11-18-15-9-10-16(21-20-15)19-17(22)13-7-4-8-13/h2-3,5-6,9-10,13H,4,7-8,11H2,1H3,(H,18,20)(H,19,21,22). The summed E-state index contributed by atoms with van der Waals surface area (Å²) in [6.07, 6.45) is 3.11. The molecule has 1 aromatic heterocycles. The normalized spacial score (nSPS) is 14.2. The van der Waals surface area contributed by atoms with Gasteiger partial charge in [-0.1, -0.05) is 30.7 Å². The van der Waals surface area contributed by atoms with Crippen molar-refractivity contribution in [3.05, 3.63) is 47.5 Å². The number of benzene rings is 1. The van der Waals surface area contributed by atoms with Crippen molar-refractivity contribution in [3.63, 3.8) is 0 Å². The van der Waals surface area contributed by atoms with Crippen LogP contribution >= 0.6 is 0 Å². The Morgan fingerprint density at radius 3 is 2.50 bits per heavy atom. The van der Waals surface area contributed by atoms with E-state index in [1.54, 1.807) is 6.07 Å². The molecule has 5 nitrogen and oxygen atoms in total. The molecule has 0 atom stereocenters. The topological polar surface area (TPSA) is 66.9 Å². The lowest BCUT2D eigenvalue weighted by Gasteiger charge is -2.23. The molecule has 2 aromatic rings. The Kier molecular flexibility index (Phi) is 4.32. The minimum atomic E-state index is 0.0566. The van der Waals surface area contributed by atoms with E-state index in [1.807, 2.05) is 18.2 Å². The Morgan fingerprint density at radius 2 is 1.86 bits per heavy atom. The smallest absolute Gasteiger partial charge is 0.228 e. The van der Waals surface area contributed by atoms with E-state index in [9.17, 15) is 4.79 Å². The molecule has 22 heavy (non-hydrogen) atoms. The highest BCUT2D eigenvalue weighted by molar-refractivity contribution is 5.92. The third-order valence-electron chi connectivity index (χ3n) is 4.11. The number of nitrogens with one attached hydrogen (secondary N) is 2. The van der Waals surface area contributed by atoms with Gasteiger partial charge in [-0.15, -0.1) is 10.2 Å². The van der Waals surface area contributed by atoms with Crippen molar-refractivity contribution < 1.29 is 4.79 Å². The van der Waals surface area contributed by atoms with Crippen LogP contribution in [-0.2, 0) is 11.3 Å². The first-order chi connectivity index (χ1) is 10.7. The number of aryl methyl sites for hydroxylation is 1. The van der Waals surface area contributed by atoms with Gasteiger partial charge < -0.3 is 10.6 Å². The fraction of sp³-hybridized carbons (Fsp3) is 0.353. The number of hydrogen-bond donors (Lipinski definition) is 2. The van der Waals surface area contributed by atoms with Crippen molar-refractivity contribution in [1.29, 1.82) is 0 Å². The Balaban J connectivity index is 1.55. The van der Waals surface area contributed by atoms with Crippen molar-refractivity contribution in [3.8, 4) is 0 Å². The van der Waals surface area contributed by atoms with Crippen LogP contribution in [0.3, 0.4) is 0 Å². The third-order valence-corrected chi connectivity index (χ3v) is 4.11. The first kappa shape index (κ1) is 14.5. The Hall–Kier alpha value is -2.43. The summed E-state index contributed by atoms with van der Waals surface area (Å²) >= 11 is 0. The second-order valence-electron chi connectivity index (χ2n) is 5.70. The number of carbonyl (C=O) groups is 1. The summed E-state index contributed by atoms with van der Waals surface area (Å²) in [6.45, 7) is 2.79. The molecule has 0 aliphatic heterocycles. The molecular weight excluding hydrogens is 276 g/mol. The zero-order chi connectivity index (χ0) is 15.4. The minimum Gasteiger partial charge on any atom is -0.364 e. The van der Waals surface area contributed by atoms with E-state index in [2.05, 4.69) is 39.9 Å². The maximum Gasteiger partial charge on any atom is 0.228 e. The summed E-state index contributed by atoms with van der Waals surface area (Å²) in [5, 5.41) is 14.2. The Bertz CT molecular complexity index is 650. The fourth-order valence-corrected chi connectivity index (χ4v) is 2.39. The van der Waals surface area contributed by atoms with Gasteiger partial charge in [0.2, 0.25) is 5.91 Å². The summed E-state index contributed by atoms with van der Waals surface area (Å²) in [6, 6.07) is 11.8. The number of carbonyl (C=O) groups excluding carboxylic acids is 1. The molecule has 114 valence electrons. The predicted octanol–water partition coefficient (Wildman–Crippen LogP) is 3.14. The van der Waals surface area contributed by atoms with Gasteiger partial charge in [-0.05, 0) is 43.0 Å². The van der Waals surface area contributed by atoms with Crippen LogP contribution in [0.25, 0.3) is 0 Å². The van der Waals surface area contributed by atoms with Gasteiger partial charge in [0.15, 0.2) is 5.82 Å². The molecule has 0 saturated heterocycles. The van der Waals surface area contributed by atoms with Crippen molar-refractivity contribution >= 4 is 17.5 Å². The van der Waals surface area contributed by atoms with Gasteiger partial charge in [0.1, 0.15) is 5.82 Å². The third kappa shape index (κ3) is 3.42. The van der Waals surface area contributed by atoms with Gasteiger partial charge in [0.05, 0.1) is 0 Å². The molecule has 1 aliphatic carbocycles. The van der Waals surface area contributed by atoms with E-state index in [1.165, 1.54) is 11.1 Å². The van der Waals surface area contributed by atoms with Crippen LogP contribution in [0.4, 0.5) is 11.6 Å². The van der Waals surface area contributed by atoms with E-state index >= 15 is 0 Å². The van der Waals surface area contributed by atoms with Crippen LogP contribution in [0.5, 0.6) is 0 Å². The SMILES string of the molecule is Cc1ccccc1CNc1ccc(NC(=O)C2CCC2)nn1. The number of nitrogens with zero attached hydrogens (tertiary/aromatic N) is 2. The quantitative estimate of drug-likeness (QED) is 0.889. The van der Waals surface area contributed by atoms with E-state index in [-0.39, 0.29) is 11.8 Å². The highest BCUT2D eigenvalue weighted by Crippen LogP contribution is 2.27. The predicted molar refractivity (Wildman–Crippen MR) is 86.5 cm³/mol. The van der Waals surface area contributed by atoms with Gasteiger partial charge in [-0.2, -0.15) is 0 Å². The maximum atomic E-state index is 11.8. The summed E-state index contributed by atoms with van der Waals surface area (Å²) in [4.78, 5) is 11.8. The van der Waals surface area contributed by atoms with Crippen molar-refractivity contribution in [2.75, 3.05) is 10.6 Å². The zero-order valence-electron chi connectivity index (χ0n) is 12.7. The van der Waals surface area contributed by atoms with E-state index < -0.39 is 0 Å². The van der Waals surface area contributed by atoms with Crippen LogP contribution in [0.15, 0.2) is 36.4 Å². The molecule has 3 rings (SSSR count). The molecule has 1 saturated carbocycles. The molecule has 5 heteroatoms. The molecule has 0 radical (unpaired) electrons. The lowest BCUT2D eigenvalue weighted by atomic mass is 9.85. The van der Waals surface area contributed by atoms with Crippen LogP contribution < -0.4 is 10.6 Å². The van der Waals surface area contributed by atoms with Crippen LogP contribution in [-0.4, -0.2) is 16.1 Å². The van der Waals surface area contributed by atoms with E-state index in [4.69, 9.17) is 0 Å². The molecule has 1 fully saturated rings. The van der Waals surface area contributed by atoms with Crippen molar-refractivity contribution in [2.45, 2.75) is 32.7 Å². The number of aromatic nitrogens is 2. The fourth-order valence-electron chi connectivity index (χ4n) is 2.39. The van der Waals surface area contributed by atoms with E-state index in [0.717, 1.165) is 19.3 Å². The molecule has 0 bridgehead atoms. The maximum absolute atomic E-state index is 11.8. The highest BCUT2D eigenvalue weighted by atomic mass is 16.2. The molecule has 2 N–H and O–H groups in total. The van der Waals surface area contributed by atoms with Gasteiger partial charge in [0, 0.05) is 12.5 Å². The minimum absolute atomic E-state index is 0.0566. The lowest BCUT2D eigenvalue weighted by Crippen LogP contribution is -2.28. The molecular formula is C17H20N4O. The van der Waals surface area contributed by atoms with Gasteiger partial charge >= 0.3 is 0 Å². The van der Waals surface area contributed by atoms with Crippen molar-refractivity contribution in [1.82, 2.24) is 10.2 Å². The van der Waals surface area contributed by atoms with E-state index in [0.29, 0.717) is 18.2 Å². The van der Waals surface area contributed by atoms with Gasteiger partial charge in [-0.25, -0.2) is 0 Å². The molecule has 0 spiro atoms. The molecule has 1 amide bonds. The first-order valence-corrected chi connectivity index (χ1v) is 7.65. The van der Waals surface area contributed by atoms with Gasteiger partial charge in [0.25, 0.3) is 0 Å². The monoisotopic (exact) mass is 296 g/mol. The second-order valence-corrected chi connectivity index (χ2v) is 5.70. The summed E-state index contributed by atoms with van der Waals surface area (Å²) < 4.78 is 0.